The molecule has 21 nitrogen and oxygen atoms in total. The molecule has 4 rings (SSSR count). The topological polar surface area (TPSA) is 358 Å². The number of amides is 1. The fraction of sp³-hybridized carbons (Fsp3) is 0.864. The van der Waals surface area contributed by atoms with Crippen molar-refractivity contribution in [1.82, 2.24) is 10.6 Å². The van der Waals surface area contributed by atoms with E-state index in [9.17, 15) is 40.5 Å². The lowest BCUT2D eigenvalue weighted by molar-refractivity contribution is -0.318. The van der Waals surface area contributed by atoms with Gasteiger partial charge in [0.25, 0.3) is 0 Å². The number of aliphatic imine (C=N–C) groups is 2. The minimum atomic E-state index is -2.03. The third kappa shape index (κ3) is 5.91. The van der Waals surface area contributed by atoms with Crippen molar-refractivity contribution < 1.29 is 64.2 Å². The summed E-state index contributed by atoms with van der Waals surface area (Å²) in [6.45, 7) is 0.705. The summed E-state index contributed by atoms with van der Waals surface area (Å²) >= 11 is 0. The number of aliphatic hydroxyl groups is 7. The van der Waals surface area contributed by atoms with Gasteiger partial charge in [-0.2, -0.15) is 0 Å². The molecule has 4 fully saturated rings. The second kappa shape index (κ2) is 12.7. The number of aliphatic hydroxyl groups excluding tert-OH is 7. The number of hydrogen-bond acceptors (Lipinski definition) is 16. The summed E-state index contributed by atoms with van der Waals surface area (Å²) < 4.78 is 29.2. The van der Waals surface area contributed by atoms with Gasteiger partial charge >= 0.3 is 6.09 Å². The summed E-state index contributed by atoms with van der Waals surface area (Å²) in [5.74, 6) is -1.04. The third-order valence-corrected chi connectivity index (χ3v) is 8.07. The molecule has 3 saturated heterocycles. The molecule has 0 bridgehead atoms. The van der Waals surface area contributed by atoms with Crippen molar-refractivity contribution in [3.8, 4) is 0 Å². The Hall–Kier alpha value is -2.67. The van der Waals surface area contributed by atoms with Crippen molar-refractivity contribution in [3.63, 3.8) is 0 Å². The Morgan fingerprint density at radius 2 is 1.53 bits per heavy atom. The average Bonchev–Trinajstić information content (AvgIpc) is 3.38. The van der Waals surface area contributed by atoms with Crippen LogP contribution in [0.15, 0.2) is 9.98 Å². The minimum Gasteiger partial charge on any atom is -0.432 e. The third-order valence-electron chi connectivity index (χ3n) is 8.07. The van der Waals surface area contributed by atoms with Gasteiger partial charge < -0.3 is 87.7 Å². The molecule has 3 aliphatic heterocycles. The predicted octanol–water partition coefficient (Wildman–Crippen LogP) is -8.29. The second-order valence-corrected chi connectivity index (χ2v) is 10.7. The highest BCUT2D eigenvalue weighted by Crippen LogP contribution is 2.44. The second-order valence-electron chi connectivity index (χ2n) is 10.7. The average molecular weight is 625 g/mol. The van der Waals surface area contributed by atoms with E-state index in [2.05, 4.69) is 20.6 Å². The lowest BCUT2D eigenvalue weighted by Crippen LogP contribution is -2.67. The molecule has 0 aromatic heterocycles. The van der Waals surface area contributed by atoms with Crippen LogP contribution in [0.3, 0.4) is 0 Å². The lowest BCUT2D eigenvalue weighted by atomic mass is 9.81. The number of nitrogens with two attached hydrogens (primary N) is 4. The summed E-state index contributed by atoms with van der Waals surface area (Å²) in [7, 11) is 1.43. The largest absolute Gasteiger partial charge is 0.432 e. The quantitative estimate of drug-likeness (QED) is 0.0880. The van der Waals surface area contributed by atoms with Crippen LogP contribution in [-0.4, -0.2) is 165 Å². The molecule has 17 N–H and O–H groups in total. The van der Waals surface area contributed by atoms with Crippen molar-refractivity contribution >= 4 is 18.0 Å². The van der Waals surface area contributed by atoms with Gasteiger partial charge in [-0.1, -0.05) is 0 Å². The fourth-order valence-corrected chi connectivity index (χ4v) is 5.90. The minimum absolute atomic E-state index is 0.508. The number of carbonyl (C=O) groups is 1. The fourth-order valence-electron chi connectivity index (χ4n) is 5.90. The molecule has 0 aromatic rings. The Kier molecular flexibility index (Phi) is 9.85. The summed E-state index contributed by atoms with van der Waals surface area (Å²) in [6, 6.07) is -4.12. The molecule has 1 aliphatic carbocycles. The molecule has 1 amide bonds. The van der Waals surface area contributed by atoms with Crippen molar-refractivity contribution in [1.29, 1.82) is 0 Å². The van der Waals surface area contributed by atoms with E-state index in [1.165, 1.54) is 14.0 Å². The molecule has 0 unspecified atom stereocenters. The Morgan fingerprint density at radius 3 is 2.07 bits per heavy atom. The van der Waals surface area contributed by atoms with Gasteiger partial charge in [-0.25, -0.2) is 14.8 Å². The van der Waals surface area contributed by atoms with Crippen LogP contribution in [-0.2, 0) is 23.7 Å². The molecule has 4 aliphatic rings. The number of ether oxygens (including phenoxy) is 5. The first-order valence-corrected chi connectivity index (χ1v) is 13.3. The maximum Gasteiger partial charge on any atom is 0.410 e. The number of nitrogens with zero attached hydrogens (tertiary/aromatic N) is 2. The smallest absolute Gasteiger partial charge is 0.410 e. The first kappa shape index (κ1) is 33.2. The van der Waals surface area contributed by atoms with Crippen molar-refractivity contribution in [2.45, 2.75) is 104 Å². The Bertz CT molecular complexity index is 1070. The monoisotopic (exact) mass is 624 g/mol. The predicted molar refractivity (Wildman–Crippen MR) is 140 cm³/mol. The molecule has 1 spiro atoms. The molecular formula is C22H40N8O13. The van der Waals surface area contributed by atoms with Crippen LogP contribution < -0.4 is 33.6 Å². The van der Waals surface area contributed by atoms with E-state index in [1.807, 2.05) is 0 Å². The summed E-state index contributed by atoms with van der Waals surface area (Å²) in [4.78, 5) is 20.0. The van der Waals surface area contributed by atoms with E-state index in [1.54, 1.807) is 0 Å². The standard InChI is InChI=1S/C22H40N8O13/c1-4-22(18(37)30-21(38)43-22)15(42-16-8(27-2)12(35)9(32)5(3-31)40-16)17(39-4)41-14-7(29-20(25)26)10(33)6(28-19(23)24)11(34)13(14)36/h4-18,27,31-37H,3H2,1-2H3,(H,30,38)(H4,23,24,28)(H4,25,26,29)/t4-,5+,6-,7+,8+,9+,10-,11+,12+,13-,14-,15+,16+,17+,18+,22-/m1/s1. The van der Waals surface area contributed by atoms with Crippen LogP contribution in [0.5, 0.6) is 0 Å². The van der Waals surface area contributed by atoms with E-state index in [0.29, 0.717) is 0 Å². The van der Waals surface area contributed by atoms with Crippen molar-refractivity contribution in [2.75, 3.05) is 13.7 Å². The highest BCUT2D eigenvalue weighted by Gasteiger charge is 2.69. The molecule has 246 valence electrons. The number of guanidine groups is 2. The number of carbonyl (C=O) groups excluding carboxylic acids is 1. The zero-order chi connectivity index (χ0) is 32.0. The first-order chi connectivity index (χ1) is 20.2. The highest BCUT2D eigenvalue weighted by molar-refractivity contribution is 5.76. The van der Waals surface area contributed by atoms with E-state index < -0.39 is 122 Å². The van der Waals surface area contributed by atoms with Crippen molar-refractivity contribution in [2.24, 2.45) is 32.9 Å². The van der Waals surface area contributed by atoms with Crippen molar-refractivity contribution in [3.05, 3.63) is 0 Å². The molecule has 1 saturated carbocycles. The van der Waals surface area contributed by atoms with Crippen LogP contribution in [0, 0.1) is 0 Å². The molecule has 43 heavy (non-hydrogen) atoms. The number of rotatable bonds is 8. The number of likely N-dealkylation sites (N-methyl/N-ethyl adjacent to an activating group) is 1. The normalized spacial score (nSPS) is 48.0. The van der Waals surface area contributed by atoms with Crippen LogP contribution in [0.2, 0.25) is 0 Å². The van der Waals surface area contributed by atoms with Gasteiger partial charge in [-0.3, -0.25) is 5.32 Å². The molecule has 0 radical (unpaired) electrons. The van der Waals surface area contributed by atoms with Gasteiger partial charge in [0, 0.05) is 0 Å². The maximum absolute atomic E-state index is 12.3. The van der Waals surface area contributed by atoms with Crippen LogP contribution >= 0.6 is 0 Å². The zero-order valence-electron chi connectivity index (χ0n) is 23.2. The van der Waals surface area contributed by atoms with Crippen LogP contribution in [0.4, 0.5) is 4.79 Å². The molecule has 3 heterocycles. The SMILES string of the molecule is CN[C@@H]1[C@H](O[C@H]2[C@H](O[C@H]3[C@H](O)[C@@H](O)[C@H](N=C(N)N)[C@@H](O)[C@@H]3N=C(N)N)O[C@H](C)[C@@]23OC(=O)N[C@H]3O)O[C@@H](CO)[C@H](O)[C@H]1O. The van der Waals surface area contributed by atoms with Gasteiger partial charge in [0.05, 0.1) is 12.6 Å². The molecule has 21 heteroatoms. The molecule has 16 atom stereocenters. The zero-order valence-corrected chi connectivity index (χ0v) is 23.2. The molecule has 0 aromatic carbocycles. The first-order valence-electron chi connectivity index (χ1n) is 13.3. The van der Waals surface area contributed by atoms with E-state index >= 15 is 0 Å². The van der Waals surface area contributed by atoms with E-state index in [-0.39, 0.29) is 0 Å². The Labute approximate surface area is 244 Å². The summed E-state index contributed by atoms with van der Waals surface area (Å²) in [5, 5.41) is 79.4. The van der Waals surface area contributed by atoms with Gasteiger partial charge in [-0.05, 0) is 14.0 Å². The van der Waals surface area contributed by atoms with E-state index in [0.717, 1.165) is 0 Å². The van der Waals surface area contributed by atoms with Gasteiger partial charge in [0.15, 0.2) is 36.8 Å². The Balaban J connectivity index is 1.72. The number of alkyl carbamates (subject to hydrolysis) is 1. The number of hydrogen-bond donors (Lipinski definition) is 13. The Morgan fingerprint density at radius 1 is 0.907 bits per heavy atom. The van der Waals surface area contributed by atoms with Crippen LogP contribution in [0.25, 0.3) is 0 Å². The lowest BCUT2D eigenvalue weighted by Gasteiger charge is -2.46. The molecular weight excluding hydrogens is 584 g/mol. The maximum atomic E-state index is 12.3. The van der Waals surface area contributed by atoms with Gasteiger partial charge in [0.2, 0.25) is 5.60 Å². The summed E-state index contributed by atoms with van der Waals surface area (Å²) in [6.07, 6.45) is -20.1. The van der Waals surface area contributed by atoms with Gasteiger partial charge in [0.1, 0.15) is 60.9 Å². The number of nitrogens with one attached hydrogen (secondary N) is 2. The van der Waals surface area contributed by atoms with E-state index in [4.69, 9.17) is 46.6 Å². The van der Waals surface area contributed by atoms with Gasteiger partial charge in [-0.15, -0.1) is 0 Å². The summed E-state index contributed by atoms with van der Waals surface area (Å²) in [5.41, 5.74) is 19.9. The highest BCUT2D eigenvalue weighted by atomic mass is 16.8. The van der Waals surface area contributed by atoms with Crippen LogP contribution in [0.1, 0.15) is 6.92 Å².